The molecule has 1 fully saturated rings. The van der Waals surface area contributed by atoms with Gasteiger partial charge in [-0.25, -0.2) is 9.78 Å². The van der Waals surface area contributed by atoms with Gasteiger partial charge in [-0.1, -0.05) is 12.1 Å². The summed E-state index contributed by atoms with van der Waals surface area (Å²) in [5, 5.41) is 2.87. The van der Waals surface area contributed by atoms with Crippen molar-refractivity contribution in [2.24, 2.45) is 0 Å². The van der Waals surface area contributed by atoms with Gasteiger partial charge in [-0.2, -0.15) is 0 Å². The fourth-order valence-corrected chi connectivity index (χ4v) is 3.66. The minimum Gasteiger partial charge on any atom is -0.486 e. The lowest BCUT2D eigenvalue weighted by Gasteiger charge is -2.35. The molecule has 0 aliphatic carbocycles. The Kier molecular flexibility index (Phi) is 6.64. The molecule has 0 spiro atoms. The van der Waals surface area contributed by atoms with Gasteiger partial charge in [0.2, 0.25) is 0 Å². The second kappa shape index (κ2) is 9.16. The van der Waals surface area contributed by atoms with Crippen LogP contribution in [0.2, 0.25) is 0 Å². The van der Waals surface area contributed by atoms with Crippen LogP contribution >= 0.6 is 11.3 Å². The van der Waals surface area contributed by atoms with Crippen LogP contribution in [0.1, 0.15) is 34.9 Å². The number of para-hydroxylation sites is 1. The Hall–Kier alpha value is -2.45. The molecule has 2 atom stereocenters. The van der Waals surface area contributed by atoms with E-state index >= 15 is 0 Å². The zero-order valence-corrected chi connectivity index (χ0v) is 17.0. The van der Waals surface area contributed by atoms with Crippen molar-refractivity contribution in [3.63, 3.8) is 0 Å². The highest BCUT2D eigenvalue weighted by molar-refractivity contribution is 7.09. The summed E-state index contributed by atoms with van der Waals surface area (Å²) in [5.74, 6) is -0.418. The molecule has 1 amide bonds. The number of rotatable bonds is 6. The number of aromatic nitrogens is 1. The Morgan fingerprint density at radius 2 is 1.96 bits per heavy atom. The lowest BCUT2D eigenvalue weighted by atomic mass is 10.2. The average molecular weight is 404 g/mol. The summed E-state index contributed by atoms with van der Waals surface area (Å²) in [6.07, 6.45) is -0.0706. The zero-order chi connectivity index (χ0) is 20.1. The predicted molar refractivity (Wildman–Crippen MR) is 104 cm³/mol. The van der Waals surface area contributed by atoms with Crippen molar-refractivity contribution >= 4 is 23.2 Å². The molecule has 1 aromatic carbocycles. The molecule has 0 unspecified atom stereocenters. The van der Waals surface area contributed by atoms with Gasteiger partial charge in [-0.3, -0.25) is 4.79 Å². The van der Waals surface area contributed by atoms with Crippen LogP contribution < -0.4 is 4.74 Å². The van der Waals surface area contributed by atoms with Gasteiger partial charge in [0.15, 0.2) is 6.61 Å². The number of amides is 1. The fourth-order valence-electron chi connectivity index (χ4n) is 3.07. The van der Waals surface area contributed by atoms with Crippen LogP contribution in [-0.4, -0.2) is 53.7 Å². The molecule has 8 heteroatoms. The largest absolute Gasteiger partial charge is 0.486 e. The quantitative estimate of drug-likeness (QED) is 0.689. The van der Waals surface area contributed by atoms with Gasteiger partial charge < -0.3 is 19.1 Å². The first kappa shape index (κ1) is 20.3. The second-order valence-electron chi connectivity index (χ2n) is 6.77. The minimum atomic E-state index is -0.590. The maximum Gasteiger partial charge on any atom is 0.342 e. The molecule has 0 saturated carbocycles. The van der Waals surface area contributed by atoms with E-state index in [-0.39, 0.29) is 36.9 Å². The molecule has 28 heavy (non-hydrogen) atoms. The number of ether oxygens (including phenoxy) is 3. The third-order valence-corrected chi connectivity index (χ3v) is 5.07. The lowest BCUT2D eigenvalue weighted by molar-refractivity contribution is -0.146. The number of aryl methyl sites for hydroxylation is 1. The zero-order valence-electron chi connectivity index (χ0n) is 16.2. The molecule has 2 heterocycles. The van der Waals surface area contributed by atoms with Crippen LogP contribution in [0, 0.1) is 6.92 Å². The van der Waals surface area contributed by atoms with Gasteiger partial charge in [0.05, 0.1) is 22.9 Å². The van der Waals surface area contributed by atoms with Crippen LogP contribution in [-0.2, 0) is 20.9 Å². The maximum absolute atomic E-state index is 12.5. The fraction of sp³-hybridized carbons (Fsp3) is 0.450. The molecule has 0 radical (unpaired) electrons. The standard InChI is InChI=1S/C20H24N2O5S/c1-13-8-22(9-14(2)27-13)19(23)11-26-20(24)17-6-4-5-7-18(17)25-10-16-12-28-15(3)21-16/h4-7,12-14H,8-11H2,1-3H3/t13-,14-/m1/s1. The highest BCUT2D eigenvalue weighted by Crippen LogP contribution is 2.21. The predicted octanol–water partition coefficient (Wildman–Crippen LogP) is 2.82. The normalized spacial score (nSPS) is 19.3. The van der Waals surface area contributed by atoms with Crippen molar-refractivity contribution in [2.75, 3.05) is 19.7 Å². The molecular weight excluding hydrogens is 380 g/mol. The van der Waals surface area contributed by atoms with Crippen molar-refractivity contribution in [2.45, 2.75) is 39.6 Å². The van der Waals surface area contributed by atoms with E-state index in [9.17, 15) is 9.59 Å². The Morgan fingerprint density at radius 3 is 2.64 bits per heavy atom. The smallest absolute Gasteiger partial charge is 0.342 e. The summed E-state index contributed by atoms with van der Waals surface area (Å²) in [7, 11) is 0. The number of esters is 1. The van der Waals surface area contributed by atoms with Gasteiger partial charge in [-0.05, 0) is 32.9 Å². The molecule has 0 bridgehead atoms. The average Bonchev–Trinajstić information content (AvgIpc) is 3.09. The summed E-state index contributed by atoms with van der Waals surface area (Å²) in [4.78, 5) is 30.9. The summed E-state index contributed by atoms with van der Waals surface area (Å²) in [6.45, 7) is 6.70. The number of hydrogen-bond acceptors (Lipinski definition) is 7. The molecular formula is C20H24N2O5S. The first-order valence-corrected chi connectivity index (χ1v) is 10.0. The van der Waals surface area contributed by atoms with Gasteiger partial charge >= 0.3 is 5.97 Å². The number of nitrogens with zero attached hydrogens (tertiary/aromatic N) is 2. The minimum absolute atomic E-state index is 0.0353. The molecule has 3 rings (SSSR count). The van der Waals surface area contributed by atoms with Gasteiger partial charge in [0, 0.05) is 18.5 Å². The number of benzene rings is 1. The Labute approximate surface area is 168 Å². The molecule has 1 aliphatic rings. The number of thiazole rings is 1. The topological polar surface area (TPSA) is 78.0 Å². The van der Waals surface area contributed by atoms with Gasteiger partial charge in [-0.15, -0.1) is 11.3 Å². The Bertz CT molecular complexity index is 828. The lowest BCUT2D eigenvalue weighted by Crippen LogP contribution is -2.49. The second-order valence-corrected chi connectivity index (χ2v) is 7.84. The van der Waals surface area contributed by atoms with E-state index in [1.165, 1.54) is 0 Å². The van der Waals surface area contributed by atoms with E-state index in [1.807, 2.05) is 26.2 Å². The van der Waals surface area contributed by atoms with Crippen LogP contribution in [0.5, 0.6) is 5.75 Å². The molecule has 1 aromatic heterocycles. The third kappa shape index (κ3) is 5.30. The SMILES string of the molecule is Cc1nc(COc2ccccc2C(=O)OCC(=O)N2C[C@@H](C)O[C@H](C)C2)cs1. The van der Waals surface area contributed by atoms with E-state index in [4.69, 9.17) is 14.2 Å². The van der Waals surface area contributed by atoms with Crippen molar-refractivity contribution < 1.29 is 23.8 Å². The Balaban J connectivity index is 1.57. The summed E-state index contributed by atoms with van der Waals surface area (Å²) in [5.41, 5.74) is 1.09. The number of hydrogen-bond donors (Lipinski definition) is 0. The molecule has 1 aliphatic heterocycles. The first-order valence-electron chi connectivity index (χ1n) is 9.15. The number of carbonyl (C=O) groups excluding carboxylic acids is 2. The van der Waals surface area contributed by atoms with E-state index in [0.29, 0.717) is 18.8 Å². The molecule has 150 valence electrons. The monoisotopic (exact) mass is 404 g/mol. The van der Waals surface area contributed by atoms with Crippen LogP contribution in [0.4, 0.5) is 0 Å². The summed E-state index contributed by atoms with van der Waals surface area (Å²) in [6, 6.07) is 6.82. The first-order chi connectivity index (χ1) is 13.4. The van der Waals surface area contributed by atoms with Crippen molar-refractivity contribution in [1.82, 2.24) is 9.88 Å². The number of morpholine rings is 1. The van der Waals surface area contributed by atoms with Gasteiger partial charge in [0.1, 0.15) is 17.9 Å². The van der Waals surface area contributed by atoms with Crippen LogP contribution in [0.25, 0.3) is 0 Å². The van der Waals surface area contributed by atoms with E-state index in [2.05, 4.69) is 4.98 Å². The summed E-state index contributed by atoms with van der Waals surface area (Å²) < 4.78 is 16.6. The third-order valence-electron chi connectivity index (χ3n) is 4.25. The van der Waals surface area contributed by atoms with E-state index < -0.39 is 5.97 Å². The molecule has 1 saturated heterocycles. The summed E-state index contributed by atoms with van der Waals surface area (Å²) >= 11 is 1.54. The maximum atomic E-state index is 12.5. The van der Waals surface area contributed by atoms with Crippen molar-refractivity contribution in [3.05, 3.63) is 45.9 Å². The molecule has 7 nitrogen and oxygen atoms in total. The van der Waals surface area contributed by atoms with E-state index in [1.54, 1.807) is 40.5 Å². The number of carbonyl (C=O) groups is 2. The van der Waals surface area contributed by atoms with Crippen LogP contribution in [0.15, 0.2) is 29.6 Å². The van der Waals surface area contributed by atoms with Crippen molar-refractivity contribution in [1.29, 1.82) is 0 Å². The van der Waals surface area contributed by atoms with Gasteiger partial charge in [0.25, 0.3) is 5.91 Å². The van der Waals surface area contributed by atoms with E-state index in [0.717, 1.165) is 10.7 Å². The van der Waals surface area contributed by atoms with Crippen LogP contribution in [0.3, 0.4) is 0 Å². The molecule has 2 aromatic rings. The Morgan fingerprint density at radius 1 is 1.25 bits per heavy atom. The highest BCUT2D eigenvalue weighted by atomic mass is 32.1. The highest BCUT2D eigenvalue weighted by Gasteiger charge is 2.26. The van der Waals surface area contributed by atoms with Crippen molar-refractivity contribution in [3.8, 4) is 5.75 Å². The molecule has 0 N–H and O–H groups in total.